The molecule has 3 rings (SSSR count). The number of ether oxygens (including phenoxy) is 1. The number of benzene rings is 3. The van der Waals surface area contributed by atoms with Gasteiger partial charge in [0.15, 0.2) is 0 Å². The number of nitrogens with zero attached hydrogens (tertiary/aromatic N) is 1. The second kappa shape index (κ2) is 11.8. The van der Waals surface area contributed by atoms with Gasteiger partial charge in [-0.25, -0.2) is 0 Å². The van der Waals surface area contributed by atoms with E-state index in [1.807, 2.05) is 60.7 Å². The van der Waals surface area contributed by atoms with Crippen LogP contribution in [0.2, 0.25) is 0 Å². The van der Waals surface area contributed by atoms with Gasteiger partial charge in [-0.3, -0.25) is 4.90 Å². The molecular formula is C24H26F3NO2S. The minimum Gasteiger partial charge on any atom is -0.491 e. The zero-order chi connectivity index (χ0) is 21.4. The topological polar surface area (TPSA) is 32.7 Å². The number of aliphatic hydroxyl groups is 1. The molecule has 0 radical (unpaired) electrons. The maximum absolute atomic E-state index is 12.6. The van der Waals surface area contributed by atoms with Gasteiger partial charge in [0.2, 0.25) is 0 Å². The summed E-state index contributed by atoms with van der Waals surface area (Å²) in [6, 6.07) is 24.4. The van der Waals surface area contributed by atoms with Crippen molar-refractivity contribution in [1.29, 1.82) is 0 Å². The van der Waals surface area contributed by atoms with Crippen molar-refractivity contribution in [2.24, 2.45) is 0 Å². The number of alkyl halides is 3. The number of halogens is 3. The van der Waals surface area contributed by atoms with Gasteiger partial charge in [0, 0.05) is 19.6 Å². The van der Waals surface area contributed by atoms with Crippen molar-refractivity contribution in [1.82, 2.24) is 4.90 Å². The molecular weight excluding hydrogens is 423 g/mol. The molecule has 0 saturated carbocycles. The van der Waals surface area contributed by atoms with E-state index < -0.39 is 17.8 Å². The molecule has 0 unspecified atom stereocenters. The number of rotatable bonds is 9. The highest BCUT2D eigenvalue weighted by Gasteiger charge is 2.30. The monoisotopic (exact) mass is 449 g/mol. The summed E-state index contributed by atoms with van der Waals surface area (Å²) in [4.78, 5) is 2.12. The Bertz CT molecular complexity index is 849. The van der Waals surface area contributed by atoms with Crippen LogP contribution in [0.3, 0.4) is 0 Å². The predicted octanol–water partition coefficient (Wildman–Crippen LogP) is 5.26. The Morgan fingerprint density at radius 2 is 1.26 bits per heavy atom. The fraction of sp³-hybridized carbons (Fsp3) is 0.250. The van der Waals surface area contributed by atoms with E-state index in [4.69, 9.17) is 4.74 Å². The smallest absolute Gasteiger partial charge is 0.416 e. The van der Waals surface area contributed by atoms with Crippen LogP contribution in [-0.4, -0.2) is 29.3 Å². The van der Waals surface area contributed by atoms with Crippen molar-refractivity contribution in [3.05, 3.63) is 102 Å². The van der Waals surface area contributed by atoms with Gasteiger partial charge in [-0.2, -0.15) is 26.7 Å². The van der Waals surface area contributed by atoms with Crippen molar-refractivity contribution in [3.8, 4) is 5.75 Å². The van der Waals surface area contributed by atoms with E-state index in [9.17, 15) is 18.3 Å². The van der Waals surface area contributed by atoms with Gasteiger partial charge in [-0.05, 0) is 35.4 Å². The van der Waals surface area contributed by atoms with Gasteiger partial charge in [-0.15, -0.1) is 0 Å². The van der Waals surface area contributed by atoms with Crippen molar-refractivity contribution < 1.29 is 23.0 Å². The zero-order valence-electron chi connectivity index (χ0n) is 16.9. The summed E-state index contributed by atoms with van der Waals surface area (Å²) in [6.45, 7) is 1.68. The Balaban J connectivity index is 0.00000341. The third-order valence-electron chi connectivity index (χ3n) is 4.59. The fourth-order valence-electron chi connectivity index (χ4n) is 3.15. The molecule has 3 aromatic carbocycles. The summed E-state index contributed by atoms with van der Waals surface area (Å²) in [7, 11) is 0. The SMILES string of the molecule is O[C@H](COc1ccc(C(F)(F)F)cc1)CN(Cc1ccccc1)Cc1ccccc1.S. The second-order valence-electron chi connectivity index (χ2n) is 7.13. The molecule has 31 heavy (non-hydrogen) atoms. The Hall–Kier alpha value is -2.48. The van der Waals surface area contributed by atoms with Gasteiger partial charge < -0.3 is 9.84 Å². The van der Waals surface area contributed by atoms with Crippen molar-refractivity contribution in [2.45, 2.75) is 25.4 Å². The summed E-state index contributed by atoms with van der Waals surface area (Å²) in [5, 5.41) is 10.5. The highest BCUT2D eigenvalue weighted by molar-refractivity contribution is 7.59. The molecule has 0 aliphatic carbocycles. The normalized spacial score (nSPS) is 12.3. The van der Waals surface area contributed by atoms with E-state index in [-0.39, 0.29) is 20.1 Å². The Labute approximate surface area is 187 Å². The molecule has 0 aromatic heterocycles. The van der Waals surface area contributed by atoms with Gasteiger partial charge >= 0.3 is 6.18 Å². The molecule has 0 amide bonds. The summed E-state index contributed by atoms with van der Waals surface area (Å²) < 4.78 is 43.4. The molecule has 1 N–H and O–H groups in total. The van der Waals surface area contributed by atoms with E-state index in [0.29, 0.717) is 25.4 Å². The lowest BCUT2D eigenvalue weighted by Crippen LogP contribution is -2.35. The Morgan fingerprint density at radius 1 is 0.774 bits per heavy atom. The van der Waals surface area contributed by atoms with Crippen LogP contribution >= 0.6 is 13.5 Å². The summed E-state index contributed by atoms with van der Waals surface area (Å²) >= 11 is 0. The molecule has 0 aliphatic rings. The third-order valence-corrected chi connectivity index (χ3v) is 4.59. The molecule has 3 aromatic rings. The minimum absolute atomic E-state index is 0. The summed E-state index contributed by atoms with van der Waals surface area (Å²) in [5.74, 6) is 0.291. The molecule has 166 valence electrons. The van der Waals surface area contributed by atoms with E-state index >= 15 is 0 Å². The predicted molar refractivity (Wildman–Crippen MR) is 120 cm³/mol. The quantitative estimate of drug-likeness (QED) is 0.484. The first kappa shape index (κ1) is 24.8. The molecule has 0 fully saturated rings. The van der Waals surface area contributed by atoms with E-state index in [1.54, 1.807) is 0 Å². The lowest BCUT2D eigenvalue weighted by atomic mass is 10.1. The highest BCUT2D eigenvalue weighted by Crippen LogP contribution is 2.30. The molecule has 0 heterocycles. The summed E-state index contributed by atoms with van der Waals surface area (Å²) in [5.41, 5.74) is 1.53. The summed E-state index contributed by atoms with van der Waals surface area (Å²) in [6.07, 6.45) is -5.17. The number of hydrogen-bond donors (Lipinski definition) is 1. The van der Waals surface area contributed by atoms with Gasteiger partial charge in [-0.1, -0.05) is 60.7 Å². The van der Waals surface area contributed by atoms with Crippen LogP contribution in [0.5, 0.6) is 5.75 Å². The molecule has 1 atom stereocenters. The van der Waals surface area contributed by atoms with Crippen molar-refractivity contribution in [2.75, 3.05) is 13.2 Å². The van der Waals surface area contributed by atoms with Crippen LogP contribution in [0.1, 0.15) is 16.7 Å². The average Bonchev–Trinajstić information content (AvgIpc) is 2.73. The molecule has 0 aliphatic heterocycles. The molecule has 0 spiro atoms. The number of aliphatic hydroxyl groups excluding tert-OH is 1. The molecule has 0 saturated heterocycles. The number of hydrogen-bond acceptors (Lipinski definition) is 3. The van der Waals surface area contributed by atoms with Crippen LogP contribution in [0.15, 0.2) is 84.9 Å². The first-order chi connectivity index (χ1) is 14.4. The van der Waals surface area contributed by atoms with Crippen LogP contribution in [0.4, 0.5) is 13.2 Å². The van der Waals surface area contributed by atoms with Gasteiger partial charge in [0.25, 0.3) is 0 Å². The molecule has 0 bridgehead atoms. The lowest BCUT2D eigenvalue weighted by molar-refractivity contribution is -0.137. The van der Waals surface area contributed by atoms with Gasteiger partial charge in [0.1, 0.15) is 18.5 Å². The van der Waals surface area contributed by atoms with E-state index in [0.717, 1.165) is 23.3 Å². The third kappa shape index (κ3) is 8.28. The van der Waals surface area contributed by atoms with E-state index in [1.165, 1.54) is 12.1 Å². The fourth-order valence-corrected chi connectivity index (χ4v) is 3.15. The van der Waals surface area contributed by atoms with Crippen molar-refractivity contribution in [3.63, 3.8) is 0 Å². The Kier molecular flexibility index (Phi) is 9.43. The van der Waals surface area contributed by atoms with Crippen LogP contribution in [0, 0.1) is 0 Å². The maximum atomic E-state index is 12.6. The second-order valence-corrected chi connectivity index (χ2v) is 7.13. The minimum atomic E-state index is -4.38. The van der Waals surface area contributed by atoms with Crippen LogP contribution in [-0.2, 0) is 19.3 Å². The first-order valence-electron chi connectivity index (χ1n) is 9.68. The van der Waals surface area contributed by atoms with E-state index in [2.05, 4.69) is 4.90 Å². The average molecular weight is 450 g/mol. The standard InChI is InChI=1S/C24H24F3NO2.H2S/c25-24(26,27)21-11-13-23(14-12-21)30-18-22(29)17-28(15-19-7-3-1-4-8-19)16-20-9-5-2-6-10-20;/h1-14,22,29H,15-18H2;1H2/t22-;/m0./s1. The Morgan fingerprint density at radius 3 is 1.71 bits per heavy atom. The van der Waals surface area contributed by atoms with Crippen molar-refractivity contribution >= 4 is 13.5 Å². The lowest BCUT2D eigenvalue weighted by Gasteiger charge is -2.25. The molecule has 3 nitrogen and oxygen atoms in total. The zero-order valence-corrected chi connectivity index (χ0v) is 17.9. The van der Waals surface area contributed by atoms with Crippen LogP contribution < -0.4 is 4.74 Å². The van der Waals surface area contributed by atoms with Gasteiger partial charge in [0.05, 0.1) is 5.56 Å². The maximum Gasteiger partial charge on any atom is 0.416 e. The largest absolute Gasteiger partial charge is 0.491 e. The van der Waals surface area contributed by atoms with Crippen LogP contribution in [0.25, 0.3) is 0 Å². The first-order valence-corrected chi connectivity index (χ1v) is 9.68. The molecule has 7 heteroatoms. The highest BCUT2D eigenvalue weighted by atomic mass is 32.1.